The molecule has 2 aromatic carbocycles. The van der Waals surface area contributed by atoms with Gasteiger partial charge in [-0.3, -0.25) is 19.8 Å². The summed E-state index contributed by atoms with van der Waals surface area (Å²) in [5.74, 6) is -1.54. The molecule has 0 bridgehead atoms. The highest BCUT2D eigenvalue weighted by atomic mass is 16.6. The van der Waals surface area contributed by atoms with E-state index in [4.69, 9.17) is 1.37 Å². The first-order valence-electron chi connectivity index (χ1n) is 8.75. The number of Topliss-reactive ketones (excluding diaryl/α,β-unsaturated/α-hetero) is 1. The molecule has 0 spiro atoms. The quantitative estimate of drug-likeness (QED) is 0.474. The van der Waals surface area contributed by atoms with Gasteiger partial charge in [-0.15, -0.1) is 0 Å². The van der Waals surface area contributed by atoms with Crippen LogP contribution in [0, 0.1) is 16.0 Å². The highest BCUT2D eigenvalue weighted by molar-refractivity contribution is 5.99. The normalized spacial score (nSPS) is 24.3. The van der Waals surface area contributed by atoms with Crippen molar-refractivity contribution in [3.63, 3.8) is 0 Å². The summed E-state index contributed by atoms with van der Waals surface area (Å²) in [7, 11) is 0. The summed E-state index contributed by atoms with van der Waals surface area (Å²) in [6.45, 7) is 6.44. The average molecular weight is 339 g/mol. The van der Waals surface area contributed by atoms with Gasteiger partial charge in [-0.05, 0) is 26.3 Å². The number of ketones is 1. The van der Waals surface area contributed by atoms with Crippen LogP contribution in [0.5, 0.6) is 0 Å². The maximum absolute atomic E-state index is 13.1. The second-order valence-corrected chi connectivity index (χ2v) is 7.27. The fourth-order valence-corrected chi connectivity index (χ4v) is 3.19. The Labute approximate surface area is 148 Å². The molecule has 0 amide bonds. The Morgan fingerprint density at radius 1 is 1.16 bits per heavy atom. The van der Waals surface area contributed by atoms with Crippen molar-refractivity contribution in [1.82, 2.24) is 4.90 Å². The lowest BCUT2D eigenvalue weighted by molar-refractivity contribution is -0.384. The van der Waals surface area contributed by atoms with Crippen LogP contribution in [-0.2, 0) is 0 Å². The number of non-ortho nitro benzene ring substituents is 1. The zero-order valence-corrected chi connectivity index (χ0v) is 14.6. The first-order chi connectivity index (χ1) is 12.1. The monoisotopic (exact) mass is 339 g/mol. The van der Waals surface area contributed by atoms with Crippen LogP contribution in [0.4, 0.5) is 5.69 Å². The molecule has 25 heavy (non-hydrogen) atoms. The summed E-state index contributed by atoms with van der Waals surface area (Å²) in [6, 6.07) is 14.6. The van der Waals surface area contributed by atoms with Crippen molar-refractivity contribution in [2.45, 2.75) is 32.4 Å². The highest BCUT2D eigenvalue weighted by Crippen LogP contribution is 2.45. The largest absolute Gasteiger partial charge is 0.294 e. The molecule has 0 aliphatic carbocycles. The zero-order chi connectivity index (χ0) is 19.1. The predicted octanol–water partition coefficient (Wildman–Crippen LogP) is 4.25. The van der Waals surface area contributed by atoms with Gasteiger partial charge in [0.25, 0.3) is 5.69 Å². The molecule has 0 unspecified atom stereocenters. The van der Waals surface area contributed by atoms with Crippen molar-refractivity contribution < 1.29 is 11.1 Å². The minimum Gasteiger partial charge on any atom is -0.294 e. The standard InChI is InChI=1S/C20H22N2O3/c1-20(2,3)21-13-17(19(23)15-7-5-4-6-8-15)18(21)14-9-11-16(12-10-14)22(24)25/h4-12,17-18H,13H2,1-3H3/t17-,18+/m1/s1/i17D. The van der Waals surface area contributed by atoms with Gasteiger partial charge in [0.2, 0.25) is 0 Å². The summed E-state index contributed by atoms with van der Waals surface area (Å²) in [5, 5.41) is 10.9. The van der Waals surface area contributed by atoms with Gasteiger partial charge in [0.05, 0.1) is 10.8 Å². The molecule has 1 heterocycles. The van der Waals surface area contributed by atoms with Gasteiger partial charge in [0.15, 0.2) is 5.78 Å². The molecule has 1 aliphatic heterocycles. The van der Waals surface area contributed by atoms with Crippen molar-refractivity contribution in [2.24, 2.45) is 5.89 Å². The maximum atomic E-state index is 13.1. The summed E-state index contributed by atoms with van der Waals surface area (Å²) >= 11 is 0. The van der Waals surface area contributed by atoms with Crippen LogP contribution in [-0.4, -0.2) is 27.7 Å². The summed E-state index contributed by atoms with van der Waals surface area (Å²) in [6.07, 6.45) is 0. The number of rotatable bonds is 4. The Balaban J connectivity index is 2.00. The topological polar surface area (TPSA) is 63.5 Å². The van der Waals surface area contributed by atoms with Gasteiger partial charge >= 0.3 is 0 Å². The molecule has 5 nitrogen and oxygen atoms in total. The Hall–Kier alpha value is -2.53. The van der Waals surface area contributed by atoms with Gasteiger partial charge in [-0.25, -0.2) is 0 Å². The fraction of sp³-hybridized carbons (Fsp3) is 0.350. The first kappa shape index (κ1) is 16.0. The maximum Gasteiger partial charge on any atom is 0.269 e. The lowest BCUT2D eigenvalue weighted by Crippen LogP contribution is -2.60. The number of carbonyl (C=O) groups is 1. The third-order valence-electron chi connectivity index (χ3n) is 4.59. The van der Waals surface area contributed by atoms with E-state index < -0.39 is 16.9 Å². The number of hydrogen-bond donors (Lipinski definition) is 0. The summed E-state index contributed by atoms with van der Waals surface area (Å²) < 4.78 is 8.92. The SMILES string of the molecule is [2H][C@@]1(C(=O)c2ccccc2)CN(C(C)(C)C)[C@H]1c1ccc([N+](=O)[O-])cc1. The lowest BCUT2D eigenvalue weighted by Gasteiger charge is -2.54. The Kier molecular flexibility index (Phi) is 4.09. The van der Waals surface area contributed by atoms with Crippen LogP contribution in [0.3, 0.4) is 0 Å². The smallest absolute Gasteiger partial charge is 0.269 e. The van der Waals surface area contributed by atoms with Crippen LogP contribution in [0.25, 0.3) is 0 Å². The molecule has 0 aromatic heterocycles. The third-order valence-corrected chi connectivity index (χ3v) is 4.59. The van der Waals surface area contributed by atoms with Gasteiger partial charge in [0, 0.05) is 37.2 Å². The van der Waals surface area contributed by atoms with Gasteiger partial charge in [-0.1, -0.05) is 42.5 Å². The van der Waals surface area contributed by atoms with E-state index in [0.29, 0.717) is 12.1 Å². The number of hydrogen-bond acceptors (Lipinski definition) is 4. The van der Waals surface area contributed by atoms with E-state index in [0.717, 1.165) is 5.56 Å². The molecule has 1 saturated heterocycles. The van der Waals surface area contributed by atoms with E-state index in [1.807, 2.05) is 26.8 Å². The highest BCUT2D eigenvalue weighted by Gasteiger charge is 2.48. The number of nitro groups is 1. The van der Waals surface area contributed by atoms with E-state index in [1.165, 1.54) is 12.1 Å². The number of benzene rings is 2. The fourth-order valence-electron chi connectivity index (χ4n) is 3.19. The molecule has 2 aromatic rings. The minimum absolute atomic E-state index is 0.000323. The predicted molar refractivity (Wildman–Crippen MR) is 96.6 cm³/mol. The molecule has 2 atom stereocenters. The van der Waals surface area contributed by atoms with Crippen LogP contribution in [0.1, 0.15) is 44.1 Å². The Morgan fingerprint density at radius 3 is 2.28 bits per heavy atom. The van der Waals surface area contributed by atoms with E-state index in [9.17, 15) is 14.9 Å². The number of likely N-dealkylation sites (tertiary alicyclic amines) is 1. The molecule has 130 valence electrons. The molecule has 5 heteroatoms. The molecule has 0 saturated carbocycles. The van der Waals surface area contributed by atoms with Crippen LogP contribution in [0.15, 0.2) is 54.6 Å². The molecule has 1 fully saturated rings. The summed E-state index contributed by atoms with van der Waals surface area (Å²) in [5.41, 5.74) is 1.04. The lowest BCUT2D eigenvalue weighted by atomic mass is 9.75. The Morgan fingerprint density at radius 2 is 1.76 bits per heavy atom. The van der Waals surface area contributed by atoms with Crippen LogP contribution < -0.4 is 0 Å². The van der Waals surface area contributed by atoms with Crippen molar-refractivity contribution in [1.29, 1.82) is 0 Å². The zero-order valence-electron chi connectivity index (χ0n) is 15.6. The number of nitrogens with zero attached hydrogens (tertiary/aromatic N) is 2. The summed E-state index contributed by atoms with van der Waals surface area (Å²) in [4.78, 5) is 25.6. The number of nitro benzene ring substituents is 1. The van der Waals surface area contributed by atoms with Crippen molar-refractivity contribution in [2.75, 3.05) is 6.54 Å². The minimum atomic E-state index is -1.31. The van der Waals surface area contributed by atoms with E-state index >= 15 is 0 Å². The van der Waals surface area contributed by atoms with Gasteiger partial charge in [-0.2, -0.15) is 0 Å². The first-order valence-corrected chi connectivity index (χ1v) is 8.25. The molecule has 1 aliphatic rings. The average Bonchev–Trinajstić information content (AvgIpc) is 2.59. The van der Waals surface area contributed by atoms with Crippen molar-refractivity contribution in [3.8, 4) is 0 Å². The molecular formula is C20H22N2O3. The van der Waals surface area contributed by atoms with E-state index in [1.54, 1.807) is 36.4 Å². The van der Waals surface area contributed by atoms with Crippen LogP contribution in [0.2, 0.25) is 0 Å². The van der Waals surface area contributed by atoms with Crippen molar-refractivity contribution >= 4 is 11.5 Å². The van der Waals surface area contributed by atoms with Crippen molar-refractivity contribution in [3.05, 3.63) is 75.8 Å². The molecular weight excluding hydrogens is 316 g/mol. The molecule has 0 N–H and O–H groups in total. The second-order valence-electron chi connectivity index (χ2n) is 7.27. The Bertz CT molecular complexity index is 830. The number of carbonyl (C=O) groups excluding carboxylic acids is 1. The van der Waals surface area contributed by atoms with E-state index in [2.05, 4.69) is 4.90 Å². The second kappa shape index (κ2) is 6.41. The third kappa shape index (κ3) is 3.33. The van der Waals surface area contributed by atoms with Crippen LogP contribution >= 0.6 is 0 Å². The molecule has 0 radical (unpaired) electrons. The van der Waals surface area contributed by atoms with Gasteiger partial charge < -0.3 is 0 Å². The molecule has 3 rings (SSSR count). The van der Waals surface area contributed by atoms with E-state index in [-0.39, 0.29) is 17.0 Å². The van der Waals surface area contributed by atoms with Gasteiger partial charge in [0.1, 0.15) is 0 Å².